The topological polar surface area (TPSA) is 77.0 Å². The summed E-state index contributed by atoms with van der Waals surface area (Å²) < 4.78 is 24.3. The molecular formula is C25H18ClFN2O4S. The number of amides is 2. The first kappa shape index (κ1) is 23.5. The monoisotopic (exact) mass is 496 g/mol. The normalized spacial score (nSPS) is 15.4. The molecule has 2 amide bonds. The Bertz CT molecular complexity index is 1290. The third kappa shape index (κ3) is 5.65. The van der Waals surface area contributed by atoms with E-state index in [4.69, 9.17) is 21.1 Å². The zero-order chi connectivity index (χ0) is 24.1. The van der Waals surface area contributed by atoms with Gasteiger partial charge in [-0.25, -0.2) is 4.39 Å². The van der Waals surface area contributed by atoms with Crippen LogP contribution < -0.4 is 14.8 Å². The predicted octanol–water partition coefficient (Wildman–Crippen LogP) is 5.47. The van der Waals surface area contributed by atoms with E-state index in [1.165, 1.54) is 19.2 Å². The number of aliphatic imine (C=N–C) groups is 1. The zero-order valence-corrected chi connectivity index (χ0v) is 19.5. The highest BCUT2D eigenvalue weighted by Gasteiger charge is 2.25. The summed E-state index contributed by atoms with van der Waals surface area (Å²) in [6, 6.07) is 17.8. The van der Waals surface area contributed by atoms with Gasteiger partial charge in [0.2, 0.25) is 0 Å². The number of rotatable bonds is 6. The van der Waals surface area contributed by atoms with Gasteiger partial charge < -0.3 is 14.8 Å². The van der Waals surface area contributed by atoms with Gasteiger partial charge in [-0.05, 0) is 65.4 Å². The zero-order valence-electron chi connectivity index (χ0n) is 17.9. The lowest BCUT2D eigenvalue weighted by Gasteiger charge is -2.13. The molecule has 0 spiro atoms. The number of methoxy groups -OCH3 is 1. The van der Waals surface area contributed by atoms with Gasteiger partial charge in [-0.3, -0.25) is 9.59 Å². The summed E-state index contributed by atoms with van der Waals surface area (Å²) in [7, 11) is 1.48. The predicted molar refractivity (Wildman–Crippen MR) is 131 cm³/mol. The Morgan fingerprint density at radius 3 is 2.59 bits per heavy atom. The van der Waals surface area contributed by atoms with E-state index in [0.29, 0.717) is 27.5 Å². The van der Waals surface area contributed by atoms with Gasteiger partial charge in [0.25, 0.3) is 11.8 Å². The van der Waals surface area contributed by atoms with Crippen LogP contribution in [0, 0.1) is 5.82 Å². The summed E-state index contributed by atoms with van der Waals surface area (Å²) in [6.45, 7) is 0.171. The highest BCUT2D eigenvalue weighted by molar-refractivity contribution is 8.18. The molecular weight excluding hydrogens is 479 g/mol. The molecule has 34 heavy (non-hydrogen) atoms. The van der Waals surface area contributed by atoms with Crippen LogP contribution in [-0.2, 0) is 11.4 Å². The van der Waals surface area contributed by atoms with Crippen LogP contribution in [0.3, 0.4) is 0 Å². The van der Waals surface area contributed by atoms with Crippen molar-refractivity contribution < 1.29 is 23.5 Å². The van der Waals surface area contributed by atoms with Gasteiger partial charge in [-0.15, -0.1) is 0 Å². The number of thioether (sulfide) groups is 1. The molecule has 0 aliphatic carbocycles. The minimum atomic E-state index is -0.447. The molecule has 0 saturated carbocycles. The number of carbonyl (C=O) groups excluding carboxylic acids is 2. The quantitative estimate of drug-likeness (QED) is 0.458. The van der Waals surface area contributed by atoms with Crippen LogP contribution in [0.2, 0.25) is 5.02 Å². The molecule has 0 atom stereocenters. The average molecular weight is 497 g/mol. The maximum Gasteiger partial charge on any atom is 0.279 e. The number of amidine groups is 1. The van der Waals surface area contributed by atoms with Crippen molar-refractivity contribution in [3.8, 4) is 11.5 Å². The van der Waals surface area contributed by atoms with Crippen molar-refractivity contribution >= 4 is 46.4 Å². The van der Waals surface area contributed by atoms with Crippen LogP contribution in [0.1, 0.15) is 21.5 Å². The Kier molecular flexibility index (Phi) is 7.30. The van der Waals surface area contributed by atoms with Crippen LogP contribution in [-0.4, -0.2) is 24.1 Å². The number of benzene rings is 3. The van der Waals surface area contributed by atoms with E-state index in [9.17, 15) is 14.0 Å². The molecule has 0 unspecified atom stereocenters. The van der Waals surface area contributed by atoms with Gasteiger partial charge in [-0.2, -0.15) is 4.99 Å². The van der Waals surface area contributed by atoms with E-state index < -0.39 is 5.91 Å². The number of hydrogen-bond acceptors (Lipinski definition) is 5. The van der Waals surface area contributed by atoms with Crippen LogP contribution in [0.15, 0.2) is 76.6 Å². The summed E-state index contributed by atoms with van der Waals surface area (Å²) in [5.74, 6) is -0.454. The second kappa shape index (κ2) is 10.5. The van der Waals surface area contributed by atoms with Crippen LogP contribution >= 0.6 is 23.4 Å². The van der Waals surface area contributed by atoms with E-state index in [-0.39, 0.29) is 28.5 Å². The number of halogens is 2. The third-order valence-electron chi connectivity index (χ3n) is 4.72. The SMILES string of the molecule is COc1cc(/C=C2\SC(=NC(=O)c3ccccc3)NC2=O)cc(Cl)c1OCc1ccc(F)cc1. The van der Waals surface area contributed by atoms with Crippen molar-refractivity contribution in [2.45, 2.75) is 6.61 Å². The molecule has 6 nitrogen and oxygen atoms in total. The number of ether oxygens (including phenoxy) is 2. The van der Waals surface area contributed by atoms with Crippen molar-refractivity contribution in [2.24, 2.45) is 4.99 Å². The summed E-state index contributed by atoms with van der Waals surface area (Å²) in [5, 5.41) is 3.07. The van der Waals surface area contributed by atoms with Gasteiger partial charge in [-0.1, -0.05) is 41.9 Å². The standard InChI is InChI=1S/C25H18ClFN2O4S/c1-32-20-12-16(11-19(26)22(20)33-14-15-7-9-18(27)10-8-15)13-21-24(31)29-25(34-21)28-23(30)17-5-3-2-4-6-17/h2-13H,14H2,1H3,(H,28,29,30,31)/b21-13-. The lowest BCUT2D eigenvalue weighted by Crippen LogP contribution is -2.20. The fourth-order valence-corrected chi connectivity index (χ4v) is 4.16. The minimum absolute atomic E-state index is 0.171. The van der Waals surface area contributed by atoms with Crippen molar-refractivity contribution in [3.63, 3.8) is 0 Å². The lowest BCUT2D eigenvalue weighted by molar-refractivity contribution is -0.115. The van der Waals surface area contributed by atoms with Crippen LogP contribution in [0.25, 0.3) is 6.08 Å². The van der Waals surface area contributed by atoms with Crippen LogP contribution in [0.5, 0.6) is 11.5 Å². The number of nitrogens with one attached hydrogen (secondary N) is 1. The lowest BCUT2D eigenvalue weighted by atomic mass is 10.1. The second-order valence-electron chi connectivity index (χ2n) is 7.10. The first-order valence-electron chi connectivity index (χ1n) is 10.1. The highest BCUT2D eigenvalue weighted by Crippen LogP contribution is 2.38. The molecule has 3 aromatic rings. The molecule has 1 aliphatic rings. The molecule has 0 bridgehead atoms. The summed E-state index contributed by atoms with van der Waals surface area (Å²) in [5.41, 5.74) is 1.79. The Hall–Kier alpha value is -3.62. The molecule has 1 N–H and O–H groups in total. The van der Waals surface area contributed by atoms with E-state index in [0.717, 1.165) is 17.3 Å². The molecule has 1 saturated heterocycles. The maximum atomic E-state index is 13.1. The van der Waals surface area contributed by atoms with Gasteiger partial charge in [0.15, 0.2) is 16.7 Å². The Morgan fingerprint density at radius 2 is 1.88 bits per heavy atom. The Morgan fingerprint density at radius 1 is 1.15 bits per heavy atom. The summed E-state index contributed by atoms with van der Waals surface area (Å²) >= 11 is 7.47. The molecule has 172 valence electrons. The Labute approximate surface area is 204 Å². The summed E-state index contributed by atoms with van der Waals surface area (Å²) in [4.78, 5) is 29.0. The Balaban J connectivity index is 1.51. The summed E-state index contributed by atoms with van der Waals surface area (Å²) in [6.07, 6.45) is 1.62. The largest absolute Gasteiger partial charge is 0.493 e. The number of carbonyl (C=O) groups is 2. The van der Waals surface area contributed by atoms with Crippen molar-refractivity contribution in [1.82, 2.24) is 5.32 Å². The molecule has 1 fully saturated rings. The molecule has 9 heteroatoms. The van der Waals surface area contributed by atoms with Crippen LogP contribution in [0.4, 0.5) is 4.39 Å². The molecule has 1 aliphatic heterocycles. The van der Waals surface area contributed by atoms with E-state index >= 15 is 0 Å². The minimum Gasteiger partial charge on any atom is -0.493 e. The van der Waals surface area contributed by atoms with E-state index in [2.05, 4.69) is 10.3 Å². The third-order valence-corrected chi connectivity index (χ3v) is 5.91. The van der Waals surface area contributed by atoms with Gasteiger partial charge in [0.05, 0.1) is 17.0 Å². The molecule has 0 radical (unpaired) electrons. The molecule has 4 rings (SSSR count). The smallest absolute Gasteiger partial charge is 0.279 e. The average Bonchev–Trinajstić information content (AvgIpc) is 3.17. The van der Waals surface area contributed by atoms with Gasteiger partial charge in [0, 0.05) is 5.56 Å². The van der Waals surface area contributed by atoms with Crippen molar-refractivity contribution in [3.05, 3.63) is 99.2 Å². The van der Waals surface area contributed by atoms with Gasteiger partial charge in [0.1, 0.15) is 12.4 Å². The number of hydrogen-bond donors (Lipinski definition) is 1. The first-order chi connectivity index (χ1) is 16.4. The molecule has 3 aromatic carbocycles. The second-order valence-corrected chi connectivity index (χ2v) is 8.54. The van der Waals surface area contributed by atoms with E-state index in [1.54, 1.807) is 60.7 Å². The maximum absolute atomic E-state index is 13.1. The molecule has 0 aromatic heterocycles. The van der Waals surface area contributed by atoms with Crippen molar-refractivity contribution in [2.75, 3.05) is 7.11 Å². The first-order valence-corrected chi connectivity index (χ1v) is 11.3. The molecule has 1 heterocycles. The van der Waals surface area contributed by atoms with Gasteiger partial charge >= 0.3 is 0 Å². The van der Waals surface area contributed by atoms with E-state index in [1.807, 2.05) is 0 Å². The highest BCUT2D eigenvalue weighted by atomic mass is 35.5. The van der Waals surface area contributed by atoms with Crippen molar-refractivity contribution in [1.29, 1.82) is 0 Å². The fraction of sp³-hybridized carbons (Fsp3) is 0.0800. The fourth-order valence-electron chi connectivity index (χ4n) is 3.07. The number of nitrogens with zero attached hydrogens (tertiary/aromatic N) is 1.